The Morgan fingerprint density at radius 3 is 2.67 bits per heavy atom. The Hall–Kier alpha value is -0.550. The standard InChI is InChI=1S/C10H12N2OS2/c1-7-10(15-3-2-14-7)9(13)8-4-11-6-12-5-8/h4-7,10H,2-3H2,1H3. The molecule has 0 spiro atoms. The number of ketones is 1. The summed E-state index contributed by atoms with van der Waals surface area (Å²) in [5.74, 6) is 2.36. The number of Topliss-reactive ketones (excluding diaryl/α,β-unsaturated/α-hetero) is 1. The van der Waals surface area contributed by atoms with Crippen LogP contribution < -0.4 is 0 Å². The average Bonchev–Trinajstić information content (AvgIpc) is 2.30. The first-order valence-corrected chi connectivity index (χ1v) is 6.91. The van der Waals surface area contributed by atoms with Crippen LogP contribution in [-0.2, 0) is 0 Å². The Bertz CT molecular complexity index is 345. The molecule has 3 nitrogen and oxygen atoms in total. The second kappa shape index (κ2) is 4.99. The van der Waals surface area contributed by atoms with Gasteiger partial charge in [-0.2, -0.15) is 11.8 Å². The molecule has 0 amide bonds. The highest BCUT2D eigenvalue weighted by atomic mass is 32.2. The van der Waals surface area contributed by atoms with E-state index >= 15 is 0 Å². The van der Waals surface area contributed by atoms with E-state index in [0.717, 1.165) is 11.5 Å². The van der Waals surface area contributed by atoms with Crippen molar-refractivity contribution in [1.29, 1.82) is 0 Å². The quantitative estimate of drug-likeness (QED) is 0.739. The minimum absolute atomic E-state index is 0.0646. The lowest BCUT2D eigenvalue weighted by Crippen LogP contribution is -2.31. The Morgan fingerprint density at radius 2 is 2.00 bits per heavy atom. The van der Waals surface area contributed by atoms with Crippen LogP contribution in [0.3, 0.4) is 0 Å². The maximum atomic E-state index is 12.1. The fourth-order valence-electron chi connectivity index (χ4n) is 1.51. The summed E-state index contributed by atoms with van der Waals surface area (Å²) < 4.78 is 0. The highest BCUT2D eigenvalue weighted by Gasteiger charge is 2.29. The minimum Gasteiger partial charge on any atom is -0.293 e. The van der Waals surface area contributed by atoms with Crippen molar-refractivity contribution in [3.05, 3.63) is 24.3 Å². The third-order valence-electron chi connectivity index (χ3n) is 2.29. The molecule has 1 fully saturated rings. The number of hydrogen-bond acceptors (Lipinski definition) is 5. The van der Waals surface area contributed by atoms with Gasteiger partial charge in [0, 0.05) is 29.1 Å². The van der Waals surface area contributed by atoms with Crippen LogP contribution in [-0.4, -0.2) is 37.8 Å². The average molecular weight is 240 g/mol. The van der Waals surface area contributed by atoms with Gasteiger partial charge in [-0.05, 0) is 0 Å². The molecular weight excluding hydrogens is 228 g/mol. The topological polar surface area (TPSA) is 42.9 Å². The van der Waals surface area contributed by atoms with Crippen molar-refractivity contribution in [3.63, 3.8) is 0 Å². The van der Waals surface area contributed by atoms with Gasteiger partial charge in [0.25, 0.3) is 0 Å². The second-order valence-electron chi connectivity index (χ2n) is 3.36. The van der Waals surface area contributed by atoms with Crippen molar-refractivity contribution in [3.8, 4) is 0 Å². The minimum atomic E-state index is 0.0646. The molecule has 0 aliphatic carbocycles. The Kier molecular flexibility index (Phi) is 3.64. The zero-order chi connectivity index (χ0) is 10.7. The van der Waals surface area contributed by atoms with Gasteiger partial charge in [-0.25, -0.2) is 9.97 Å². The van der Waals surface area contributed by atoms with E-state index in [1.807, 2.05) is 11.8 Å². The fraction of sp³-hybridized carbons (Fsp3) is 0.500. The molecule has 1 saturated heterocycles. The molecule has 2 rings (SSSR count). The van der Waals surface area contributed by atoms with Crippen molar-refractivity contribution in [2.24, 2.45) is 0 Å². The number of thioether (sulfide) groups is 2. The predicted molar refractivity (Wildman–Crippen MR) is 64.5 cm³/mol. The lowest BCUT2D eigenvalue weighted by atomic mass is 10.1. The molecule has 80 valence electrons. The van der Waals surface area contributed by atoms with Crippen LogP contribution >= 0.6 is 23.5 Å². The van der Waals surface area contributed by atoms with Crippen LogP contribution in [0.2, 0.25) is 0 Å². The Balaban J connectivity index is 2.13. The Morgan fingerprint density at radius 1 is 1.33 bits per heavy atom. The van der Waals surface area contributed by atoms with Gasteiger partial charge in [0.15, 0.2) is 5.78 Å². The van der Waals surface area contributed by atoms with E-state index in [4.69, 9.17) is 0 Å². The van der Waals surface area contributed by atoms with Crippen LogP contribution in [0.4, 0.5) is 0 Å². The van der Waals surface area contributed by atoms with E-state index in [2.05, 4.69) is 16.9 Å². The van der Waals surface area contributed by atoms with Gasteiger partial charge >= 0.3 is 0 Å². The number of carbonyl (C=O) groups excluding carboxylic acids is 1. The summed E-state index contributed by atoms with van der Waals surface area (Å²) in [5.41, 5.74) is 0.629. The SMILES string of the molecule is CC1SCCSC1C(=O)c1cncnc1. The van der Waals surface area contributed by atoms with Gasteiger partial charge in [-0.1, -0.05) is 6.92 Å². The normalized spacial score (nSPS) is 26.2. The van der Waals surface area contributed by atoms with Crippen molar-refractivity contribution in [1.82, 2.24) is 9.97 Å². The maximum absolute atomic E-state index is 12.1. The summed E-state index contributed by atoms with van der Waals surface area (Å²) in [7, 11) is 0. The number of carbonyl (C=O) groups is 1. The molecule has 2 heterocycles. The summed E-state index contributed by atoms with van der Waals surface area (Å²) >= 11 is 3.61. The molecule has 1 aromatic rings. The smallest absolute Gasteiger partial charge is 0.180 e. The van der Waals surface area contributed by atoms with Gasteiger partial charge in [0.05, 0.1) is 10.8 Å². The van der Waals surface area contributed by atoms with Crippen molar-refractivity contribution < 1.29 is 4.79 Å². The summed E-state index contributed by atoms with van der Waals surface area (Å²) in [6.07, 6.45) is 4.65. The first-order chi connectivity index (χ1) is 7.29. The lowest BCUT2D eigenvalue weighted by molar-refractivity contribution is 0.0989. The third-order valence-corrected chi connectivity index (χ3v) is 5.38. The second-order valence-corrected chi connectivity index (χ2v) is 6.09. The van der Waals surface area contributed by atoms with Crippen molar-refractivity contribution >= 4 is 29.3 Å². The number of aromatic nitrogens is 2. The molecule has 2 unspecified atom stereocenters. The molecule has 0 saturated carbocycles. The molecular formula is C10H12N2OS2. The van der Waals surface area contributed by atoms with E-state index in [1.165, 1.54) is 6.33 Å². The first kappa shape index (κ1) is 11.0. The largest absolute Gasteiger partial charge is 0.293 e. The van der Waals surface area contributed by atoms with Crippen LogP contribution in [0.5, 0.6) is 0 Å². The lowest BCUT2D eigenvalue weighted by Gasteiger charge is -2.26. The van der Waals surface area contributed by atoms with Gasteiger partial charge in [-0.15, -0.1) is 11.8 Å². The van der Waals surface area contributed by atoms with E-state index in [0.29, 0.717) is 10.8 Å². The van der Waals surface area contributed by atoms with Crippen molar-refractivity contribution in [2.75, 3.05) is 11.5 Å². The van der Waals surface area contributed by atoms with E-state index in [1.54, 1.807) is 24.2 Å². The maximum Gasteiger partial charge on any atom is 0.180 e. The molecule has 0 bridgehead atoms. The molecule has 1 aromatic heterocycles. The van der Waals surface area contributed by atoms with Crippen LogP contribution in [0.15, 0.2) is 18.7 Å². The highest BCUT2D eigenvalue weighted by Crippen LogP contribution is 2.32. The first-order valence-electron chi connectivity index (χ1n) is 4.81. The van der Waals surface area contributed by atoms with Crippen molar-refractivity contribution in [2.45, 2.75) is 17.4 Å². The number of nitrogens with zero attached hydrogens (tertiary/aromatic N) is 2. The summed E-state index contributed by atoms with van der Waals surface area (Å²) in [6.45, 7) is 2.11. The molecule has 1 aliphatic rings. The fourth-order valence-corrected chi connectivity index (χ4v) is 4.24. The molecule has 0 radical (unpaired) electrons. The Labute approximate surface area is 97.5 Å². The summed E-state index contributed by atoms with van der Waals surface area (Å²) in [4.78, 5) is 19.9. The summed E-state index contributed by atoms with van der Waals surface area (Å²) in [6, 6.07) is 0. The van der Waals surface area contributed by atoms with Gasteiger partial charge < -0.3 is 0 Å². The highest BCUT2D eigenvalue weighted by molar-refractivity contribution is 8.07. The zero-order valence-corrected chi connectivity index (χ0v) is 10.1. The molecule has 0 N–H and O–H groups in total. The van der Waals surface area contributed by atoms with E-state index in [-0.39, 0.29) is 11.0 Å². The number of hydrogen-bond donors (Lipinski definition) is 0. The molecule has 0 aromatic carbocycles. The number of rotatable bonds is 2. The summed E-state index contributed by atoms with van der Waals surface area (Å²) in [5, 5.41) is 0.450. The van der Waals surface area contributed by atoms with E-state index in [9.17, 15) is 4.79 Å². The van der Waals surface area contributed by atoms with Crippen LogP contribution in [0.1, 0.15) is 17.3 Å². The zero-order valence-electron chi connectivity index (χ0n) is 8.42. The molecule has 15 heavy (non-hydrogen) atoms. The molecule has 2 atom stereocenters. The molecule has 5 heteroatoms. The van der Waals surface area contributed by atoms with Gasteiger partial charge in [-0.3, -0.25) is 4.79 Å². The van der Waals surface area contributed by atoms with Crippen LogP contribution in [0.25, 0.3) is 0 Å². The molecule has 1 aliphatic heterocycles. The predicted octanol–water partition coefficient (Wildman–Crippen LogP) is 1.90. The van der Waals surface area contributed by atoms with Gasteiger partial charge in [0.1, 0.15) is 6.33 Å². The van der Waals surface area contributed by atoms with E-state index < -0.39 is 0 Å². The monoisotopic (exact) mass is 240 g/mol. The third kappa shape index (κ3) is 2.52. The van der Waals surface area contributed by atoms with Crippen LogP contribution in [0, 0.1) is 0 Å². The van der Waals surface area contributed by atoms with Gasteiger partial charge in [0.2, 0.25) is 0 Å².